The Labute approximate surface area is 76.0 Å². The lowest BCUT2D eigenvalue weighted by atomic mass is 10.2. The lowest BCUT2D eigenvalue weighted by Gasteiger charge is -2.13. The molecule has 1 rings (SSSR count). The van der Waals surface area contributed by atoms with Crippen LogP contribution in [-0.2, 0) is 4.74 Å². The monoisotopic (exact) mass is 242 g/mol. The summed E-state index contributed by atoms with van der Waals surface area (Å²) < 4.78 is 38.6. The number of halogens is 4. The highest BCUT2D eigenvalue weighted by Gasteiger charge is 2.31. The molecule has 0 amide bonds. The zero-order valence-electron chi connectivity index (χ0n) is 5.94. The van der Waals surface area contributed by atoms with Gasteiger partial charge in [0.05, 0.1) is 0 Å². The van der Waals surface area contributed by atoms with E-state index >= 15 is 0 Å². The molecule has 0 radical (unpaired) electrons. The maximum atomic E-state index is 11.6. The number of hydrogen-bond donors (Lipinski definition) is 0. The van der Waals surface area contributed by atoms with E-state index in [4.69, 9.17) is 0 Å². The fraction of sp³-hybridized carbons (Fsp3) is 0.429. The van der Waals surface area contributed by atoms with Crippen molar-refractivity contribution in [1.82, 2.24) is 0 Å². The topological polar surface area (TPSA) is 9.23 Å². The Bertz CT molecular complexity index is 219. The Morgan fingerprint density at radius 1 is 1.50 bits per heavy atom. The van der Waals surface area contributed by atoms with Crippen molar-refractivity contribution in [2.75, 3.05) is 0 Å². The number of allylic oxidation sites excluding steroid dienone is 3. The van der Waals surface area contributed by atoms with Crippen molar-refractivity contribution in [3.63, 3.8) is 0 Å². The van der Waals surface area contributed by atoms with E-state index in [-0.39, 0.29) is 10.6 Å². The van der Waals surface area contributed by atoms with Crippen LogP contribution in [0.1, 0.15) is 6.42 Å². The third-order valence-corrected chi connectivity index (χ3v) is 1.93. The van der Waals surface area contributed by atoms with Crippen molar-refractivity contribution >= 4 is 15.9 Å². The van der Waals surface area contributed by atoms with E-state index < -0.39 is 6.36 Å². The molecule has 0 saturated heterocycles. The second-order valence-corrected chi connectivity index (χ2v) is 3.44. The van der Waals surface area contributed by atoms with Gasteiger partial charge in [0, 0.05) is 4.83 Å². The van der Waals surface area contributed by atoms with Crippen molar-refractivity contribution in [3.05, 3.63) is 24.0 Å². The third-order valence-electron chi connectivity index (χ3n) is 1.25. The van der Waals surface area contributed by atoms with Gasteiger partial charge < -0.3 is 4.74 Å². The summed E-state index contributed by atoms with van der Waals surface area (Å²) in [5, 5.41) is 0. The first-order valence-electron chi connectivity index (χ1n) is 3.25. The van der Waals surface area contributed by atoms with E-state index in [0.717, 1.165) is 0 Å². The maximum Gasteiger partial charge on any atom is 0.573 e. The van der Waals surface area contributed by atoms with Crippen LogP contribution in [0.5, 0.6) is 0 Å². The zero-order valence-corrected chi connectivity index (χ0v) is 7.52. The molecule has 1 aliphatic carbocycles. The molecule has 0 aromatic rings. The summed E-state index contributed by atoms with van der Waals surface area (Å²) in [6.45, 7) is 0. The average Bonchev–Trinajstić information content (AvgIpc) is 1.91. The summed E-state index contributed by atoms with van der Waals surface area (Å²) in [5.74, 6) is -0.141. The molecule has 0 N–H and O–H groups in total. The van der Waals surface area contributed by atoms with Gasteiger partial charge in [0.25, 0.3) is 0 Å². The highest BCUT2D eigenvalue weighted by molar-refractivity contribution is 9.09. The molecule has 1 atom stereocenters. The van der Waals surface area contributed by atoms with Crippen LogP contribution in [0.4, 0.5) is 13.2 Å². The van der Waals surface area contributed by atoms with Gasteiger partial charge in [-0.3, -0.25) is 0 Å². The zero-order chi connectivity index (χ0) is 9.19. The van der Waals surface area contributed by atoms with Crippen molar-refractivity contribution in [2.45, 2.75) is 17.6 Å². The normalized spacial score (nSPS) is 23.7. The summed E-state index contributed by atoms with van der Waals surface area (Å²) in [6.07, 6.45) is 0.238. The fourth-order valence-electron chi connectivity index (χ4n) is 0.784. The third kappa shape index (κ3) is 3.30. The van der Waals surface area contributed by atoms with Crippen LogP contribution in [-0.4, -0.2) is 11.2 Å². The van der Waals surface area contributed by atoms with E-state index in [1.54, 1.807) is 6.08 Å². The predicted octanol–water partition coefficient (Wildman–Crippen LogP) is 3.13. The van der Waals surface area contributed by atoms with Gasteiger partial charge >= 0.3 is 6.36 Å². The largest absolute Gasteiger partial charge is 0.573 e. The molecular formula is C7H6BrF3O. The van der Waals surface area contributed by atoms with E-state index in [0.29, 0.717) is 6.42 Å². The minimum Gasteiger partial charge on any atom is -0.406 e. The molecular weight excluding hydrogens is 237 g/mol. The molecule has 1 aliphatic rings. The van der Waals surface area contributed by atoms with Crippen LogP contribution in [0.25, 0.3) is 0 Å². The quantitative estimate of drug-likeness (QED) is 0.643. The molecule has 1 unspecified atom stereocenters. The smallest absolute Gasteiger partial charge is 0.406 e. The lowest BCUT2D eigenvalue weighted by Crippen LogP contribution is -2.13. The van der Waals surface area contributed by atoms with Gasteiger partial charge in [-0.05, 0) is 18.6 Å². The van der Waals surface area contributed by atoms with Gasteiger partial charge in [0.1, 0.15) is 5.76 Å². The summed E-state index contributed by atoms with van der Waals surface area (Å²) in [4.78, 5) is 0.109. The molecule has 5 heteroatoms. The van der Waals surface area contributed by atoms with E-state index in [2.05, 4.69) is 20.7 Å². The molecule has 0 aromatic heterocycles. The first-order chi connectivity index (χ1) is 5.47. The van der Waals surface area contributed by atoms with Gasteiger partial charge in [-0.1, -0.05) is 22.0 Å². The highest BCUT2D eigenvalue weighted by Crippen LogP contribution is 2.25. The summed E-state index contributed by atoms with van der Waals surface area (Å²) in [7, 11) is 0. The number of hydrogen-bond acceptors (Lipinski definition) is 1. The summed E-state index contributed by atoms with van der Waals surface area (Å²) in [5.41, 5.74) is 0. The number of ether oxygens (including phenoxy) is 1. The standard InChI is InChI=1S/C7H6BrF3O/c8-5-1-3-6(4-2-5)12-7(9,10)11/h1,3-5H,2H2. The molecule has 0 spiro atoms. The second kappa shape index (κ2) is 3.51. The Kier molecular flexibility index (Phi) is 2.82. The van der Waals surface area contributed by atoms with Crippen molar-refractivity contribution < 1.29 is 17.9 Å². The average molecular weight is 243 g/mol. The lowest BCUT2D eigenvalue weighted by molar-refractivity contribution is -0.303. The number of alkyl halides is 4. The molecule has 0 saturated carbocycles. The van der Waals surface area contributed by atoms with Crippen molar-refractivity contribution in [1.29, 1.82) is 0 Å². The van der Waals surface area contributed by atoms with Gasteiger partial charge in [-0.25, -0.2) is 0 Å². The van der Waals surface area contributed by atoms with Gasteiger partial charge in [-0.2, -0.15) is 0 Å². The van der Waals surface area contributed by atoms with Gasteiger partial charge in [-0.15, -0.1) is 13.2 Å². The van der Waals surface area contributed by atoms with E-state index in [1.807, 2.05) is 0 Å². The Balaban J connectivity index is 2.51. The van der Waals surface area contributed by atoms with Crippen LogP contribution in [0, 0.1) is 0 Å². The minimum atomic E-state index is -4.59. The van der Waals surface area contributed by atoms with Crippen LogP contribution < -0.4 is 0 Å². The van der Waals surface area contributed by atoms with Crippen molar-refractivity contribution in [3.8, 4) is 0 Å². The number of rotatable bonds is 1. The molecule has 0 fully saturated rings. The molecule has 12 heavy (non-hydrogen) atoms. The van der Waals surface area contributed by atoms with Gasteiger partial charge in [0.2, 0.25) is 0 Å². The van der Waals surface area contributed by atoms with Crippen LogP contribution in [0.3, 0.4) is 0 Å². The Hall–Kier alpha value is -0.450. The first-order valence-corrected chi connectivity index (χ1v) is 4.17. The molecule has 68 valence electrons. The van der Waals surface area contributed by atoms with E-state index in [9.17, 15) is 13.2 Å². The molecule has 0 aliphatic heterocycles. The predicted molar refractivity (Wildman–Crippen MR) is 41.7 cm³/mol. The minimum absolute atomic E-state index is 0.109. The maximum absolute atomic E-state index is 11.6. The summed E-state index contributed by atoms with van der Waals surface area (Å²) >= 11 is 3.23. The van der Waals surface area contributed by atoms with Crippen LogP contribution in [0.15, 0.2) is 24.0 Å². The molecule has 0 heterocycles. The van der Waals surface area contributed by atoms with Crippen LogP contribution in [0.2, 0.25) is 0 Å². The van der Waals surface area contributed by atoms with E-state index in [1.165, 1.54) is 12.2 Å². The Morgan fingerprint density at radius 2 is 2.17 bits per heavy atom. The highest BCUT2D eigenvalue weighted by atomic mass is 79.9. The van der Waals surface area contributed by atoms with Crippen LogP contribution >= 0.6 is 15.9 Å². The van der Waals surface area contributed by atoms with Crippen molar-refractivity contribution in [2.24, 2.45) is 0 Å². The van der Waals surface area contributed by atoms with Gasteiger partial charge in [0.15, 0.2) is 0 Å². The SMILES string of the molecule is FC(F)(F)OC1=CCC(Br)C=C1. The Morgan fingerprint density at radius 3 is 2.58 bits per heavy atom. The molecule has 0 bridgehead atoms. The summed E-state index contributed by atoms with van der Waals surface area (Å²) in [6, 6.07) is 0. The molecule has 0 aromatic carbocycles. The first kappa shape index (κ1) is 9.64. The second-order valence-electron chi connectivity index (χ2n) is 2.27. The molecule has 1 nitrogen and oxygen atoms in total. The fourth-order valence-corrected chi connectivity index (χ4v) is 1.12.